The average Bonchev–Trinajstić information content (AvgIpc) is 3.75. The molecule has 1 saturated carbocycles. The fraction of sp³-hybridized carbons (Fsp3) is 0.323. The predicted molar refractivity (Wildman–Crippen MR) is 147 cm³/mol. The Kier molecular flexibility index (Phi) is 8.01. The van der Waals surface area contributed by atoms with Gasteiger partial charge in [-0.1, -0.05) is 30.3 Å². The van der Waals surface area contributed by atoms with Gasteiger partial charge in [-0.15, -0.1) is 5.10 Å². The lowest BCUT2D eigenvalue weighted by Gasteiger charge is -2.11. The van der Waals surface area contributed by atoms with Crippen molar-refractivity contribution in [3.8, 4) is 22.6 Å². The maximum atomic E-state index is 13.1. The first-order chi connectivity index (χ1) is 19.7. The Balaban J connectivity index is 1.27. The number of ether oxygens (including phenoxy) is 2. The highest BCUT2D eigenvalue weighted by atomic mass is 19.4. The number of alkyl halides is 3. The number of carbonyl (C=O) groups excluding carboxylic acids is 1. The SMILES string of the molecule is COC(=O)Cc1cc(-c2ccc(CCCc3nn(-c4ccc(C(F)(F)F)cc4)c(=O)n3C3CC3)cc2)ccc1OC. The van der Waals surface area contributed by atoms with E-state index in [-0.39, 0.29) is 24.1 Å². The van der Waals surface area contributed by atoms with Gasteiger partial charge in [0.05, 0.1) is 31.9 Å². The largest absolute Gasteiger partial charge is 0.496 e. The zero-order chi connectivity index (χ0) is 29.1. The lowest BCUT2D eigenvalue weighted by atomic mass is 9.98. The number of rotatable bonds is 10. The van der Waals surface area contributed by atoms with Crippen molar-refractivity contribution in [2.24, 2.45) is 0 Å². The molecule has 41 heavy (non-hydrogen) atoms. The van der Waals surface area contributed by atoms with Crippen LogP contribution < -0.4 is 10.4 Å². The van der Waals surface area contributed by atoms with Crippen LogP contribution in [0, 0.1) is 0 Å². The van der Waals surface area contributed by atoms with Crippen LogP contribution in [0.3, 0.4) is 0 Å². The van der Waals surface area contributed by atoms with Crippen LogP contribution in [-0.2, 0) is 35.0 Å². The van der Waals surface area contributed by atoms with E-state index in [1.54, 1.807) is 11.7 Å². The molecule has 1 fully saturated rings. The van der Waals surface area contributed by atoms with E-state index in [4.69, 9.17) is 9.47 Å². The van der Waals surface area contributed by atoms with Crippen molar-refractivity contribution in [1.82, 2.24) is 14.3 Å². The van der Waals surface area contributed by atoms with Gasteiger partial charge in [0, 0.05) is 18.0 Å². The van der Waals surface area contributed by atoms with Crippen molar-refractivity contribution in [3.05, 3.63) is 99.7 Å². The van der Waals surface area contributed by atoms with E-state index in [1.165, 1.54) is 23.9 Å². The molecule has 0 radical (unpaired) electrons. The van der Waals surface area contributed by atoms with Crippen molar-refractivity contribution >= 4 is 5.97 Å². The first-order valence-electron chi connectivity index (χ1n) is 13.4. The van der Waals surface area contributed by atoms with E-state index < -0.39 is 11.7 Å². The molecule has 0 unspecified atom stereocenters. The fourth-order valence-electron chi connectivity index (χ4n) is 4.89. The number of carbonyl (C=O) groups is 1. The number of nitrogens with zero attached hydrogens (tertiary/aromatic N) is 3. The third-order valence-electron chi connectivity index (χ3n) is 7.23. The van der Waals surface area contributed by atoms with Gasteiger partial charge in [-0.3, -0.25) is 9.36 Å². The van der Waals surface area contributed by atoms with E-state index in [0.717, 1.165) is 60.1 Å². The first-order valence-corrected chi connectivity index (χ1v) is 13.4. The molecular weight excluding hydrogens is 535 g/mol. The highest BCUT2D eigenvalue weighted by Gasteiger charge is 2.32. The van der Waals surface area contributed by atoms with Gasteiger partial charge in [-0.25, -0.2) is 4.79 Å². The quantitative estimate of drug-likeness (QED) is 0.222. The van der Waals surface area contributed by atoms with E-state index in [0.29, 0.717) is 23.7 Å². The topological polar surface area (TPSA) is 75.4 Å². The summed E-state index contributed by atoms with van der Waals surface area (Å²) in [5.41, 5.74) is 3.05. The molecule has 1 aromatic heterocycles. The van der Waals surface area contributed by atoms with Crippen LogP contribution in [0.2, 0.25) is 0 Å². The second-order valence-electron chi connectivity index (χ2n) is 10.1. The average molecular weight is 566 g/mol. The number of esters is 1. The van der Waals surface area contributed by atoms with Crippen molar-refractivity contribution < 1.29 is 27.4 Å². The van der Waals surface area contributed by atoms with Crippen LogP contribution in [0.25, 0.3) is 16.8 Å². The van der Waals surface area contributed by atoms with Gasteiger partial charge in [-0.2, -0.15) is 17.9 Å². The van der Waals surface area contributed by atoms with E-state index in [1.807, 2.05) is 42.5 Å². The van der Waals surface area contributed by atoms with Gasteiger partial charge < -0.3 is 9.47 Å². The summed E-state index contributed by atoms with van der Waals surface area (Å²) in [5.74, 6) is 0.929. The summed E-state index contributed by atoms with van der Waals surface area (Å²) in [6.07, 6.45) is -0.464. The molecule has 10 heteroatoms. The summed E-state index contributed by atoms with van der Waals surface area (Å²) in [7, 11) is 2.92. The molecule has 0 spiro atoms. The van der Waals surface area contributed by atoms with Gasteiger partial charge in [0.2, 0.25) is 0 Å². The molecule has 0 atom stereocenters. The molecule has 7 nitrogen and oxygen atoms in total. The molecule has 0 aliphatic heterocycles. The lowest BCUT2D eigenvalue weighted by molar-refractivity contribution is -0.140. The van der Waals surface area contributed by atoms with Gasteiger partial charge in [0.25, 0.3) is 0 Å². The molecule has 1 aliphatic carbocycles. The Bertz CT molecular complexity index is 1590. The number of methoxy groups -OCH3 is 2. The van der Waals surface area contributed by atoms with Crippen LogP contribution in [0.15, 0.2) is 71.5 Å². The molecule has 0 bridgehead atoms. The van der Waals surface area contributed by atoms with Crippen LogP contribution in [0.5, 0.6) is 5.75 Å². The standard InChI is InChI=1S/C31H30F3N3O4/c1-40-27-17-10-22(18-23(27)19-29(38)41-2)21-8-6-20(7-9-21)4-3-5-28-35-37(30(39)36(28)25-15-16-25)26-13-11-24(12-14-26)31(32,33)34/h6-14,17-18,25H,3-5,15-16,19H2,1-2H3. The van der Waals surface area contributed by atoms with Crippen molar-refractivity contribution in [2.75, 3.05) is 14.2 Å². The molecule has 1 heterocycles. The summed E-state index contributed by atoms with van der Waals surface area (Å²) < 4.78 is 52.0. The predicted octanol–water partition coefficient (Wildman–Crippen LogP) is 5.95. The summed E-state index contributed by atoms with van der Waals surface area (Å²) in [6.45, 7) is 0. The Morgan fingerprint density at radius 3 is 2.24 bits per heavy atom. The van der Waals surface area contributed by atoms with E-state index in [9.17, 15) is 22.8 Å². The zero-order valence-corrected chi connectivity index (χ0v) is 22.8. The smallest absolute Gasteiger partial charge is 0.416 e. The summed E-state index contributed by atoms with van der Waals surface area (Å²) in [6, 6.07) is 18.4. The number of aryl methyl sites for hydroxylation is 2. The highest BCUT2D eigenvalue weighted by Crippen LogP contribution is 2.35. The maximum Gasteiger partial charge on any atom is 0.416 e. The third-order valence-corrected chi connectivity index (χ3v) is 7.23. The van der Waals surface area contributed by atoms with Crippen LogP contribution in [0.1, 0.15) is 47.8 Å². The Morgan fingerprint density at radius 1 is 0.951 bits per heavy atom. The first kappa shape index (κ1) is 28.2. The monoisotopic (exact) mass is 565 g/mol. The fourth-order valence-corrected chi connectivity index (χ4v) is 4.89. The normalized spacial score (nSPS) is 13.3. The highest BCUT2D eigenvalue weighted by molar-refractivity contribution is 5.75. The molecular formula is C31H30F3N3O4. The minimum atomic E-state index is -4.44. The summed E-state index contributed by atoms with van der Waals surface area (Å²) in [5, 5.41) is 4.51. The Morgan fingerprint density at radius 2 is 1.63 bits per heavy atom. The molecule has 1 aliphatic rings. The number of aromatic nitrogens is 3. The molecule has 0 amide bonds. The van der Waals surface area contributed by atoms with Crippen molar-refractivity contribution in [3.63, 3.8) is 0 Å². The molecule has 3 aromatic carbocycles. The van der Waals surface area contributed by atoms with Crippen molar-refractivity contribution in [1.29, 1.82) is 0 Å². The Hall–Kier alpha value is -4.34. The molecule has 0 N–H and O–H groups in total. The van der Waals surface area contributed by atoms with E-state index >= 15 is 0 Å². The number of halogens is 3. The van der Waals surface area contributed by atoms with Crippen molar-refractivity contribution in [2.45, 2.75) is 50.7 Å². The van der Waals surface area contributed by atoms with Gasteiger partial charge in [-0.05, 0) is 78.8 Å². The molecule has 5 rings (SSSR count). The third kappa shape index (κ3) is 6.37. The minimum absolute atomic E-state index is 0.0913. The number of hydrogen-bond acceptors (Lipinski definition) is 5. The summed E-state index contributed by atoms with van der Waals surface area (Å²) >= 11 is 0. The second kappa shape index (κ2) is 11.6. The van der Waals surface area contributed by atoms with Gasteiger partial charge >= 0.3 is 17.8 Å². The molecule has 4 aromatic rings. The van der Waals surface area contributed by atoms with Crippen LogP contribution in [-0.4, -0.2) is 34.5 Å². The van der Waals surface area contributed by atoms with Crippen LogP contribution >= 0.6 is 0 Å². The van der Waals surface area contributed by atoms with Crippen LogP contribution in [0.4, 0.5) is 13.2 Å². The second-order valence-corrected chi connectivity index (χ2v) is 10.1. The van der Waals surface area contributed by atoms with E-state index in [2.05, 4.69) is 5.10 Å². The lowest BCUT2D eigenvalue weighted by Crippen LogP contribution is -2.24. The molecule has 0 saturated heterocycles. The van der Waals surface area contributed by atoms with Gasteiger partial charge in [0.15, 0.2) is 0 Å². The summed E-state index contributed by atoms with van der Waals surface area (Å²) in [4.78, 5) is 24.9. The zero-order valence-electron chi connectivity index (χ0n) is 22.8. The Labute approximate surface area is 235 Å². The number of hydrogen-bond donors (Lipinski definition) is 0. The molecule has 214 valence electrons. The number of benzene rings is 3. The van der Waals surface area contributed by atoms with Gasteiger partial charge in [0.1, 0.15) is 11.6 Å². The minimum Gasteiger partial charge on any atom is -0.496 e. The maximum absolute atomic E-state index is 13.1.